The van der Waals surface area contributed by atoms with Gasteiger partial charge in [-0.1, -0.05) is 11.8 Å². The van der Waals surface area contributed by atoms with Crippen molar-refractivity contribution in [2.75, 3.05) is 33.1 Å². The summed E-state index contributed by atoms with van der Waals surface area (Å²) in [5, 5.41) is 0.679. The third-order valence-corrected chi connectivity index (χ3v) is 5.06. The third-order valence-electron chi connectivity index (χ3n) is 4.49. The molecule has 8 heteroatoms. The first-order valence-electron chi connectivity index (χ1n) is 8.38. The maximum Gasteiger partial charge on any atom is 0.256 e. The summed E-state index contributed by atoms with van der Waals surface area (Å²) < 4.78 is 7.31. The highest BCUT2D eigenvalue weighted by atomic mass is 32.2. The minimum atomic E-state index is 0.00817. The van der Waals surface area contributed by atoms with Gasteiger partial charge in [-0.05, 0) is 19.1 Å². The van der Waals surface area contributed by atoms with Gasteiger partial charge >= 0.3 is 0 Å². The molecule has 0 aromatic carbocycles. The van der Waals surface area contributed by atoms with Crippen LogP contribution in [-0.4, -0.2) is 63.4 Å². The van der Waals surface area contributed by atoms with Crippen LogP contribution in [0.15, 0.2) is 29.9 Å². The van der Waals surface area contributed by atoms with E-state index in [2.05, 4.69) is 19.5 Å². The first-order chi connectivity index (χ1) is 12.2. The molecule has 2 aromatic heterocycles. The highest BCUT2D eigenvalue weighted by Gasteiger charge is 2.27. The number of rotatable bonds is 6. The maximum absolute atomic E-state index is 12.6. The van der Waals surface area contributed by atoms with Gasteiger partial charge in [0, 0.05) is 57.4 Å². The number of piperidine rings is 1. The number of carbonyl (C=O) groups is 1. The summed E-state index contributed by atoms with van der Waals surface area (Å²) >= 11 is 1.47. The van der Waals surface area contributed by atoms with E-state index in [1.54, 1.807) is 19.5 Å². The fraction of sp³-hybridized carbons (Fsp3) is 0.529. The van der Waals surface area contributed by atoms with Crippen LogP contribution in [0.3, 0.4) is 0 Å². The number of aromatic nitrogens is 4. The number of methoxy groups -OCH3 is 1. The lowest BCUT2D eigenvalue weighted by Crippen LogP contribution is -2.38. The molecule has 0 atom stereocenters. The molecule has 7 nitrogen and oxygen atoms in total. The summed E-state index contributed by atoms with van der Waals surface area (Å²) in [6.45, 7) is 2.94. The van der Waals surface area contributed by atoms with Crippen molar-refractivity contribution in [1.29, 1.82) is 0 Å². The Balaban J connectivity index is 1.59. The number of likely N-dealkylation sites (tertiary alicyclic amines) is 1. The van der Waals surface area contributed by atoms with Crippen molar-refractivity contribution in [3.8, 4) is 0 Å². The van der Waals surface area contributed by atoms with Gasteiger partial charge in [0.05, 0.1) is 12.2 Å². The Bertz CT molecular complexity index is 695. The summed E-state index contributed by atoms with van der Waals surface area (Å²) in [4.78, 5) is 27.4. The Morgan fingerprint density at radius 3 is 2.64 bits per heavy atom. The Hall–Kier alpha value is -1.93. The molecule has 1 saturated heterocycles. The topological polar surface area (TPSA) is 73.1 Å². The molecule has 2 aromatic rings. The molecule has 0 radical (unpaired) electrons. The van der Waals surface area contributed by atoms with Crippen LogP contribution in [0.4, 0.5) is 0 Å². The lowest BCUT2D eigenvalue weighted by molar-refractivity contribution is 0.0709. The normalized spacial score (nSPS) is 15.5. The molecule has 0 aliphatic carbocycles. The number of hydrogen-bond acceptors (Lipinski definition) is 6. The average molecular weight is 361 g/mol. The van der Waals surface area contributed by atoms with Crippen LogP contribution < -0.4 is 0 Å². The van der Waals surface area contributed by atoms with Crippen molar-refractivity contribution in [3.05, 3.63) is 36.2 Å². The van der Waals surface area contributed by atoms with Gasteiger partial charge in [-0.25, -0.2) is 15.0 Å². The molecule has 1 fully saturated rings. The summed E-state index contributed by atoms with van der Waals surface area (Å²) in [5.74, 6) is 1.48. The van der Waals surface area contributed by atoms with Crippen molar-refractivity contribution >= 4 is 17.7 Å². The largest absolute Gasteiger partial charge is 0.383 e. The molecule has 1 amide bonds. The molecule has 1 aliphatic heterocycles. The summed E-state index contributed by atoms with van der Waals surface area (Å²) in [6, 6.07) is 0. The van der Waals surface area contributed by atoms with E-state index in [4.69, 9.17) is 4.74 Å². The van der Waals surface area contributed by atoms with Crippen LogP contribution in [0.2, 0.25) is 0 Å². The lowest BCUT2D eigenvalue weighted by atomic mass is 9.95. The molecule has 134 valence electrons. The number of nitrogens with zero attached hydrogens (tertiary/aromatic N) is 5. The molecule has 0 spiro atoms. The number of imidazole rings is 1. The fourth-order valence-electron chi connectivity index (χ4n) is 3.11. The SMILES string of the molecule is COCCn1ccnc1C1CCN(C(=O)c2cnc(SC)nc2)CC1. The molecule has 0 bridgehead atoms. The van der Waals surface area contributed by atoms with Crippen molar-refractivity contribution in [2.24, 2.45) is 0 Å². The molecular weight excluding hydrogens is 338 g/mol. The van der Waals surface area contributed by atoms with E-state index < -0.39 is 0 Å². The van der Waals surface area contributed by atoms with Gasteiger partial charge in [0.25, 0.3) is 5.91 Å². The highest BCUT2D eigenvalue weighted by molar-refractivity contribution is 7.98. The Morgan fingerprint density at radius 2 is 2.00 bits per heavy atom. The molecular formula is C17H23N5O2S. The first-order valence-corrected chi connectivity index (χ1v) is 9.60. The third kappa shape index (κ3) is 4.19. The van der Waals surface area contributed by atoms with E-state index in [1.807, 2.05) is 23.5 Å². The van der Waals surface area contributed by atoms with Crippen LogP contribution >= 0.6 is 11.8 Å². The molecule has 25 heavy (non-hydrogen) atoms. The van der Waals surface area contributed by atoms with Gasteiger partial charge in [0.2, 0.25) is 0 Å². The van der Waals surface area contributed by atoms with E-state index >= 15 is 0 Å². The second-order valence-electron chi connectivity index (χ2n) is 6.00. The number of thioether (sulfide) groups is 1. The summed E-state index contributed by atoms with van der Waals surface area (Å²) in [6.07, 6.45) is 10.8. The van der Waals surface area contributed by atoms with Gasteiger partial charge in [0.15, 0.2) is 5.16 Å². The van der Waals surface area contributed by atoms with Gasteiger partial charge in [-0.3, -0.25) is 4.79 Å². The number of carbonyl (C=O) groups excluding carboxylic acids is 1. The van der Waals surface area contributed by atoms with Crippen molar-refractivity contribution in [2.45, 2.75) is 30.5 Å². The van der Waals surface area contributed by atoms with E-state index in [1.165, 1.54) is 11.8 Å². The minimum absolute atomic E-state index is 0.00817. The predicted octanol–water partition coefficient (Wildman–Crippen LogP) is 2.06. The lowest BCUT2D eigenvalue weighted by Gasteiger charge is -2.32. The van der Waals surface area contributed by atoms with Gasteiger partial charge in [0.1, 0.15) is 5.82 Å². The zero-order valence-electron chi connectivity index (χ0n) is 14.6. The number of ether oxygens (including phenoxy) is 1. The second-order valence-corrected chi connectivity index (χ2v) is 6.77. The quantitative estimate of drug-likeness (QED) is 0.579. The minimum Gasteiger partial charge on any atom is -0.383 e. The Labute approximate surface area is 151 Å². The van der Waals surface area contributed by atoms with E-state index in [0.717, 1.165) is 38.3 Å². The summed E-state index contributed by atoms with van der Waals surface area (Å²) in [7, 11) is 1.70. The molecule has 0 saturated carbocycles. The molecule has 0 N–H and O–H groups in total. The number of hydrogen-bond donors (Lipinski definition) is 0. The Morgan fingerprint density at radius 1 is 1.28 bits per heavy atom. The van der Waals surface area contributed by atoms with Crippen molar-refractivity contribution < 1.29 is 9.53 Å². The van der Waals surface area contributed by atoms with Crippen molar-refractivity contribution in [3.63, 3.8) is 0 Å². The number of amides is 1. The van der Waals surface area contributed by atoms with Crippen LogP contribution in [-0.2, 0) is 11.3 Å². The predicted molar refractivity (Wildman–Crippen MR) is 95.8 cm³/mol. The van der Waals surface area contributed by atoms with E-state index in [-0.39, 0.29) is 5.91 Å². The van der Waals surface area contributed by atoms with Crippen LogP contribution in [0.1, 0.15) is 34.9 Å². The van der Waals surface area contributed by atoms with Crippen LogP contribution in [0.25, 0.3) is 0 Å². The molecule has 0 unspecified atom stereocenters. The summed E-state index contributed by atoms with van der Waals surface area (Å²) in [5.41, 5.74) is 0.554. The van der Waals surface area contributed by atoms with Crippen LogP contribution in [0, 0.1) is 0 Å². The zero-order valence-corrected chi connectivity index (χ0v) is 15.4. The van der Waals surface area contributed by atoms with Gasteiger partial charge in [-0.15, -0.1) is 0 Å². The van der Waals surface area contributed by atoms with Crippen molar-refractivity contribution in [1.82, 2.24) is 24.4 Å². The zero-order chi connectivity index (χ0) is 17.6. The van der Waals surface area contributed by atoms with Gasteiger partial charge in [-0.2, -0.15) is 0 Å². The standard InChI is InChI=1S/C17H23N5O2S/c1-24-10-9-21-8-5-18-15(21)13-3-6-22(7-4-13)16(23)14-11-19-17(25-2)20-12-14/h5,8,11-13H,3-4,6-7,9-10H2,1-2H3. The first kappa shape index (κ1) is 17.9. The molecule has 3 rings (SSSR count). The highest BCUT2D eigenvalue weighted by Crippen LogP contribution is 2.27. The monoisotopic (exact) mass is 361 g/mol. The van der Waals surface area contributed by atoms with E-state index in [0.29, 0.717) is 23.2 Å². The average Bonchev–Trinajstić information content (AvgIpc) is 3.14. The van der Waals surface area contributed by atoms with Gasteiger partial charge < -0.3 is 14.2 Å². The van der Waals surface area contributed by atoms with Crippen LogP contribution in [0.5, 0.6) is 0 Å². The fourth-order valence-corrected chi connectivity index (χ4v) is 3.43. The maximum atomic E-state index is 12.6. The molecule has 1 aliphatic rings. The Kier molecular flexibility index (Phi) is 6.04. The molecule has 3 heterocycles. The van der Waals surface area contributed by atoms with E-state index in [9.17, 15) is 4.79 Å². The second kappa shape index (κ2) is 8.44. The smallest absolute Gasteiger partial charge is 0.256 e.